The number of carbonyl (C=O) groups is 5. The molecule has 0 bridgehead atoms. The fraction of sp³-hybridized carbons (Fsp3) is 0.548. The molecule has 1 aliphatic rings. The van der Waals surface area contributed by atoms with Gasteiger partial charge in [0.2, 0.25) is 21.8 Å². The van der Waals surface area contributed by atoms with Gasteiger partial charge in [-0.1, -0.05) is 0 Å². The number of sulfonamides is 1. The monoisotopic (exact) mass is 898 g/mol. The lowest BCUT2D eigenvalue weighted by Crippen LogP contribution is -2.49. The Hall–Kier alpha value is -5.80. The minimum atomic E-state index is -4.31. The van der Waals surface area contributed by atoms with E-state index in [9.17, 15) is 32.4 Å². The third-order valence-corrected chi connectivity index (χ3v) is 11.3. The van der Waals surface area contributed by atoms with Gasteiger partial charge < -0.3 is 46.5 Å². The molecule has 0 fully saturated rings. The number of rotatable bonds is 23. The maximum atomic E-state index is 13.7. The molecule has 2 aromatic carbocycles. The van der Waals surface area contributed by atoms with Gasteiger partial charge in [0, 0.05) is 69.6 Å². The van der Waals surface area contributed by atoms with E-state index in [0.717, 1.165) is 56.4 Å². The van der Waals surface area contributed by atoms with Crippen LogP contribution in [0.25, 0.3) is 10.9 Å². The number of methoxy groups -OCH3 is 1. The second-order valence-corrected chi connectivity index (χ2v) is 17.7. The van der Waals surface area contributed by atoms with Gasteiger partial charge in [-0.2, -0.15) is 9.82 Å². The topological polar surface area (TPSA) is 276 Å². The summed E-state index contributed by atoms with van der Waals surface area (Å²) in [5, 5.41) is 19.7. The first-order chi connectivity index (χ1) is 29.9. The molecule has 346 valence electrons. The van der Waals surface area contributed by atoms with Gasteiger partial charge in [-0.3, -0.25) is 33.6 Å². The summed E-state index contributed by atoms with van der Waals surface area (Å²) in [5.74, 6) is -1.36. The highest BCUT2D eigenvalue weighted by atomic mass is 32.2. The molecule has 2 heterocycles. The number of aromatic nitrogens is 2. The van der Waals surface area contributed by atoms with Crippen LogP contribution in [0.4, 0.5) is 0 Å². The lowest BCUT2D eigenvalue weighted by atomic mass is 10.1. The highest BCUT2D eigenvalue weighted by Crippen LogP contribution is 2.26. The number of hydrogen-bond acceptors (Lipinski definition) is 15. The molecule has 3 aromatic rings. The molecule has 1 unspecified atom stereocenters. The number of benzene rings is 2. The molecular weight excluding hydrogens is 837 g/mol. The molecule has 8 N–H and O–H groups in total. The van der Waals surface area contributed by atoms with E-state index < -0.39 is 51.5 Å². The van der Waals surface area contributed by atoms with Gasteiger partial charge in [0.25, 0.3) is 5.91 Å². The van der Waals surface area contributed by atoms with Gasteiger partial charge in [-0.15, -0.1) is 0 Å². The van der Waals surface area contributed by atoms with Gasteiger partial charge in [0.15, 0.2) is 5.96 Å². The number of nitrogens with two attached hydrogens (primary N) is 1. The average Bonchev–Trinajstić information content (AvgIpc) is 3.64. The lowest BCUT2D eigenvalue weighted by molar-refractivity contribution is -0.155. The van der Waals surface area contributed by atoms with E-state index in [0.29, 0.717) is 35.4 Å². The summed E-state index contributed by atoms with van der Waals surface area (Å²) in [4.78, 5) is 66.7. The number of carbonyl (C=O) groups excluding carboxylic acids is 5. The van der Waals surface area contributed by atoms with E-state index >= 15 is 0 Å². The summed E-state index contributed by atoms with van der Waals surface area (Å²) in [6.07, 6.45) is 4.11. The van der Waals surface area contributed by atoms with Crippen LogP contribution in [0, 0.1) is 13.8 Å². The Morgan fingerprint density at radius 1 is 0.968 bits per heavy atom. The maximum Gasteiger partial charge on any atom is 0.325 e. The zero-order chi connectivity index (χ0) is 46.2. The molecule has 0 saturated heterocycles. The molecule has 0 aliphatic carbocycles. The van der Waals surface area contributed by atoms with Crippen molar-refractivity contribution in [1.82, 2.24) is 41.1 Å². The molecule has 4 rings (SSSR count). The number of aliphatic imine (C=N–C) groups is 1. The number of esters is 2. The fourth-order valence-corrected chi connectivity index (χ4v) is 8.23. The SMILES string of the molecule is COC(=O)[C@H](CNC(=O)c1ccc2c(cnn2CCCNC2=NCCCN2)c1)NS(=O)(=O)c1c(C)cc(OCCCC(=O)NCCNC(=O)C(N)CCC(=O)OC(C)(C)C)cc1C. The number of nitrogens with one attached hydrogen (secondary N) is 6. The Bertz CT molecular complexity index is 2200. The number of ether oxygens (including phenoxy) is 3. The standard InChI is InChI=1S/C42H62N10O10S/c1-27-22-31(61-21-7-10-35(53)44-18-19-45-39(56)32(43)12-14-36(54)62-42(3,4)5)23-28(2)37(27)63(58,59)51-33(40(57)60-6)26-49-38(55)29-11-13-34-30(24-29)25-50-52(34)20-9-17-48-41-46-15-8-16-47-41/h11,13,22-25,32-33,51H,7-10,12,14-21,26,43H2,1-6H3,(H,44,53)(H,45,56)(H,49,55)(H2,46,47,48)/t32?,33-/m0/s1. The first-order valence-corrected chi connectivity index (χ1v) is 22.5. The molecule has 3 amide bonds. The normalized spacial score (nSPS) is 13.8. The molecule has 1 aliphatic heterocycles. The molecule has 21 heteroatoms. The number of nitrogens with zero attached hydrogens (tertiary/aromatic N) is 3. The molecule has 63 heavy (non-hydrogen) atoms. The Morgan fingerprint density at radius 3 is 2.38 bits per heavy atom. The van der Waals surface area contributed by atoms with Gasteiger partial charge in [-0.25, -0.2) is 8.42 Å². The molecule has 2 atom stereocenters. The number of aryl methyl sites for hydroxylation is 3. The number of hydrogen-bond donors (Lipinski definition) is 7. The van der Waals surface area contributed by atoms with E-state index in [1.54, 1.807) is 59.0 Å². The van der Waals surface area contributed by atoms with Crippen LogP contribution in [0.15, 0.2) is 46.4 Å². The Balaban J connectivity index is 1.21. The Kier molecular flexibility index (Phi) is 18.7. The second-order valence-electron chi connectivity index (χ2n) is 16.1. The average molecular weight is 899 g/mol. The van der Waals surface area contributed by atoms with Crippen molar-refractivity contribution in [1.29, 1.82) is 0 Å². The first-order valence-electron chi connectivity index (χ1n) is 21.0. The Morgan fingerprint density at radius 2 is 1.70 bits per heavy atom. The molecule has 0 radical (unpaired) electrons. The summed E-state index contributed by atoms with van der Waals surface area (Å²) >= 11 is 0. The highest BCUT2D eigenvalue weighted by molar-refractivity contribution is 7.89. The summed E-state index contributed by atoms with van der Waals surface area (Å²) in [5.41, 5.74) is 7.08. The Labute approximate surface area is 368 Å². The first kappa shape index (κ1) is 49.9. The largest absolute Gasteiger partial charge is 0.494 e. The molecule has 0 spiro atoms. The smallest absolute Gasteiger partial charge is 0.325 e. The van der Waals surface area contributed by atoms with Crippen LogP contribution in [0.5, 0.6) is 5.75 Å². The van der Waals surface area contributed by atoms with Gasteiger partial charge in [0.05, 0.1) is 36.4 Å². The zero-order valence-electron chi connectivity index (χ0n) is 36.9. The van der Waals surface area contributed by atoms with Crippen molar-refractivity contribution in [2.24, 2.45) is 10.7 Å². The van der Waals surface area contributed by atoms with Crippen LogP contribution in [-0.2, 0) is 45.2 Å². The van der Waals surface area contributed by atoms with Crippen LogP contribution >= 0.6 is 0 Å². The third kappa shape index (κ3) is 16.1. The number of fused-ring (bicyclic) bond motifs is 1. The van der Waals surface area contributed by atoms with Crippen LogP contribution in [0.1, 0.15) is 80.8 Å². The van der Waals surface area contributed by atoms with E-state index in [2.05, 4.69) is 41.4 Å². The minimum Gasteiger partial charge on any atom is -0.494 e. The third-order valence-electron chi connectivity index (χ3n) is 9.57. The quantitative estimate of drug-likeness (QED) is 0.0519. The summed E-state index contributed by atoms with van der Waals surface area (Å²) in [7, 11) is -3.18. The molecule has 1 aromatic heterocycles. The molecule has 0 saturated carbocycles. The van der Waals surface area contributed by atoms with Crippen LogP contribution < -0.4 is 41.8 Å². The fourth-order valence-electron chi connectivity index (χ4n) is 6.60. The van der Waals surface area contributed by atoms with Crippen molar-refractivity contribution < 1.29 is 46.6 Å². The van der Waals surface area contributed by atoms with E-state index in [-0.39, 0.29) is 56.3 Å². The van der Waals surface area contributed by atoms with Crippen LogP contribution in [0.3, 0.4) is 0 Å². The van der Waals surface area contributed by atoms with Crippen LogP contribution in [-0.4, -0.2) is 124 Å². The number of amides is 3. The lowest BCUT2D eigenvalue weighted by Gasteiger charge is -2.20. The predicted molar refractivity (Wildman–Crippen MR) is 235 cm³/mol. The van der Waals surface area contributed by atoms with Gasteiger partial charge >= 0.3 is 11.9 Å². The zero-order valence-corrected chi connectivity index (χ0v) is 37.7. The van der Waals surface area contributed by atoms with Gasteiger partial charge in [0.1, 0.15) is 17.4 Å². The van der Waals surface area contributed by atoms with E-state index in [4.69, 9.17) is 19.9 Å². The predicted octanol–water partition coefficient (Wildman–Crippen LogP) is 1.07. The minimum absolute atomic E-state index is 0.00792. The molecular formula is C42H62N10O10S. The summed E-state index contributed by atoms with van der Waals surface area (Å²) in [6, 6.07) is 5.85. The van der Waals surface area contributed by atoms with Crippen molar-refractivity contribution >= 4 is 56.5 Å². The summed E-state index contributed by atoms with van der Waals surface area (Å²) < 4.78 is 47.5. The van der Waals surface area contributed by atoms with Crippen LogP contribution in [0.2, 0.25) is 0 Å². The van der Waals surface area contributed by atoms with Crippen molar-refractivity contribution in [3.63, 3.8) is 0 Å². The van der Waals surface area contributed by atoms with E-state index in [1.165, 1.54) is 12.1 Å². The van der Waals surface area contributed by atoms with Crippen molar-refractivity contribution in [2.75, 3.05) is 53.0 Å². The highest BCUT2D eigenvalue weighted by Gasteiger charge is 2.30. The van der Waals surface area contributed by atoms with Crippen molar-refractivity contribution in [2.45, 2.75) is 102 Å². The van der Waals surface area contributed by atoms with Crippen molar-refractivity contribution in [3.8, 4) is 5.75 Å². The summed E-state index contributed by atoms with van der Waals surface area (Å²) in [6.45, 7) is 11.6. The maximum absolute atomic E-state index is 13.7. The number of guanidine groups is 1. The molecule has 20 nitrogen and oxygen atoms in total. The second kappa shape index (κ2) is 23.6. The van der Waals surface area contributed by atoms with E-state index in [1.807, 2.05) is 4.68 Å². The van der Waals surface area contributed by atoms with Gasteiger partial charge in [-0.05, 0) is 102 Å². The van der Waals surface area contributed by atoms with Crippen molar-refractivity contribution in [3.05, 3.63) is 53.2 Å².